The first-order chi connectivity index (χ1) is 18.1. The molecule has 1 unspecified atom stereocenters. The maximum Gasteiger partial charge on any atom is 0.324 e. The van der Waals surface area contributed by atoms with Crippen LogP contribution in [0, 0.1) is 0 Å². The van der Waals surface area contributed by atoms with Crippen molar-refractivity contribution in [2.75, 3.05) is 16.9 Å². The van der Waals surface area contributed by atoms with Crippen molar-refractivity contribution in [1.29, 1.82) is 0 Å². The van der Waals surface area contributed by atoms with Crippen LogP contribution in [0.25, 0.3) is 27.7 Å². The Morgan fingerprint density at radius 3 is 2.32 bits per heavy atom. The van der Waals surface area contributed by atoms with Crippen LogP contribution in [0.2, 0.25) is 0 Å². The van der Waals surface area contributed by atoms with Crippen molar-refractivity contribution in [2.45, 2.75) is 31.1 Å². The van der Waals surface area contributed by atoms with Gasteiger partial charge in [0.2, 0.25) is 0 Å². The Morgan fingerprint density at radius 1 is 0.947 bits per heavy atom. The van der Waals surface area contributed by atoms with Crippen molar-refractivity contribution in [3.05, 3.63) is 78.9 Å². The monoisotopic (exact) mass is 527 g/mol. The Labute approximate surface area is 223 Å². The Morgan fingerprint density at radius 2 is 1.66 bits per heavy atom. The number of nitrogens with one attached hydrogen (secondary N) is 2. The number of carbonyl (C=O) groups is 1. The van der Waals surface area contributed by atoms with Crippen molar-refractivity contribution in [3.8, 4) is 16.8 Å². The van der Waals surface area contributed by atoms with E-state index in [2.05, 4.69) is 41.5 Å². The van der Waals surface area contributed by atoms with E-state index in [1.165, 1.54) is 0 Å². The van der Waals surface area contributed by atoms with Gasteiger partial charge in [0.1, 0.15) is 5.82 Å². The van der Waals surface area contributed by atoms with Gasteiger partial charge in [0, 0.05) is 63.3 Å². The molecule has 38 heavy (non-hydrogen) atoms. The largest absolute Gasteiger partial charge is 0.324 e. The molecule has 0 saturated heterocycles. The van der Waals surface area contributed by atoms with Gasteiger partial charge in [-0.05, 0) is 42.0 Å². The fourth-order valence-corrected chi connectivity index (χ4v) is 4.63. The van der Waals surface area contributed by atoms with Crippen LogP contribution < -0.4 is 10.6 Å². The predicted molar refractivity (Wildman–Crippen MR) is 151 cm³/mol. The summed E-state index contributed by atoms with van der Waals surface area (Å²) in [6.45, 7) is 6.20. The maximum absolute atomic E-state index is 13.0. The summed E-state index contributed by atoms with van der Waals surface area (Å²) in [7, 11) is 0.810. The molecule has 0 saturated carbocycles. The Balaban J connectivity index is 1.36. The molecular weight excluding hydrogens is 498 g/mol. The fraction of sp³-hybridized carbons (Fsp3) is 0.214. The van der Waals surface area contributed by atoms with E-state index in [9.17, 15) is 9.00 Å². The number of aromatic nitrogens is 5. The van der Waals surface area contributed by atoms with Crippen molar-refractivity contribution in [1.82, 2.24) is 24.5 Å². The van der Waals surface area contributed by atoms with Gasteiger partial charge in [0.15, 0.2) is 0 Å². The molecule has 2 amide bonds. The summed E-state index contributed by atoms with van der Waals surface area (Å²) >= 11 is 0. The first-order valence-corrected chi connectivity index (χ1v) is 13.6. The SMILES string of the molecule is Cn1ncc2c(-c3ccc(NC(=O)Nc4cc(C(C)(C)C)nn4-c4ccc(S(C)=O)cc4)cc3)cncc21. The highest BCUT2D eigenvalue weighted by atomic mass is 32.2. The molecule has 0 spiro atoms. The lowest BCUT2D eigenvalue weighted by Gasteiger charge is -2.14. The van der Waals surface area contributed by atoms with Crippen LogP contribution in [-0.2, 0) is 23.3 Å². The molecule has 194 valence electrons. The molecule has 2 aromatic carbocycles. The zero-order valence-corrected chi connectivity index (χ0v) is 22.7. The van der Waals surface area contributed by atoms with Gasteiger partial charge in [0.25, 0.3) is 0 Å². The fourth-order valence-electron chi connectivity index (χ4n) is 4.11. The first-order valence-electron chi connectivity index (χ1n) is 12.1. The van der Waals surface area contributed by atoms with Gasteiger partial charge in [-0.1, -0.05) is 32.9 Å². The molecule has 0 aliphatic carbocycles. The van der Waals surface area contributed by atoms with Crippen LogP contribution in [-0.4, -0.2) is 41.0 Å². The van der Waals surface area contributed by atoms with Gasteiger partial charge >= 0.3 is 6.03 Å². The van der Waals surface area contributed by atoms with Crippen LogP contribution in [0.15, 0.2) is 78.1 Å². The number of pyridine rings is 1. The predicted octanol–water partition coefficient (Wildman–Crippen LogP) is 5.50. The summed E-state index contributed by atoms with van der Waals surface area (Å²) in [5, 5.41) is 15.9. The van der Waals surface area contributed by atoms with Crippen LogP contribution in [0.1, 0.15) is 26.5 Å². The average molecular weight is 528 g/mol. The molecule has 0 aliphatic heterocycles. The Hall–Kier alpha value is -4.31. The molecule has 0 aliphatic rings. The molecule has 1 atom stereocenters. The normalized spacial score (nSPS) is 12.4. The van der Waals surface area contributed by atoms with Crippen LogP contribution in [0.4, 0.5) is 16.3 Å². The highest BCUT2D eigenvalue weighted by Crippen LogP contribution is 2.29. The Kier molecular flexibility index (Phi) is 6.58. The number of amides is 2. The number of hydrogen-bond donors (Lipinski definition) is 2. The van der Waals surface area contributed by atoms with Crippen LogP contribution in [0.3, 0.4) is 0 Å². The zero-order chi connectivity index (χ0) is 27.0. The average Bonchev–Trinajstić information content (AvgIpc) is 3.48. The van der Waals surface area contributed by atoms with E-state index < -0.39 is 10.8 Å². The smallest absolute Gasteiger partial charge is 0.308 e. The van der Waals surface area contributed by atoms with Gasteiger partial charge in [-0.25, -0.2) is 9.48 Å². The third-order valence-corrected chi connectivity index (χ3v) is 7.20. The molecule has 0 radical (unpaired) electrons. The van der Waals surface area contributed by atoms with Crippen LogP contribution >= 0.6 is 0 Å². The number of fused-ring (bicyclic) bond motifs is 1. The lowest BCUT2D eigenvalue weighted by Crippen LogP contribution is -2.21. The molecule has 10 heteroatoms. The Bertz CT molecular complexity index is 1650. The second-order valence-electron chi connectivity index (χ2n) is 10.1. The molecule has 3 aromatic heterocycles. The van der Waals surface area contributed by atoms with E-state index >= 15 is 0 Å². The van der Waals surface area contributed by atoms with Crippen molar-refractivity contribution >= 4 is 39.2 Å². The lowest BCUT2D eigenvalue weighted by molar-refractivity contribution is 0.262. The second-order valence-corrected chi connectivity index (χ2v) is 11.4. The number of hydrogen-bond acceptors (Lipinski definition) is 5. The van der Waals surface area contributed by atoms with E-state index in [1.54, 1.807) is 33.9 Å². The van der Waals surface area contributed by atoms with E-state index in [1.807, 2.05) is 61.9 Å². The minimum atomic E-state index is -1.08. The summed E-state index contributed by atoms with van der Waals surface area (Å²) in [5.74, 6) is 0.531. The topological polar surface area (TPSA) is 107 Å². The number of anilines is 2. The third kappa shape index (κ3) is 5.08. The van der Waals surface area contributed by atoms with E-state index in [0.717, 1.165) is 38.3 Å². The van der Waals surface area contributed by atoms with E-state index in [4.69, 9.17) is 5.10 Å². The first kappa shape index (κ1) is 25.3. The number of rotatable bonds is 5. The maximum atomic E-state index is 13.0. The van der Waals surface area contributed by atoms with Crippen molar-refractivity contribution in [3.63, 3.8) is 0 Å². The summed E-state index contributed by atoms with van der Waals surface area (Å²) in [4.78, 5) is 18.0. The summed E-state index contributed by atoms with van der Waals surface area (Å²) in [6, 6.07) is 16.4. The molecule has 5 rings (SSSR count). The zero-order valence-electron chi connectivity index (χ0n) is 21.9. The third-order valence-electron chi connectivity index (χ3n) is 6.26. The molecular formula is C28H29N7O2S. The van der Waals surface area contributed by atoms with Crippen molar-refractivity contribution < 1.29 is 9.00 Å². The highest BCUT2D eigenvalue weighted by Gasteiger charge is 2.22. The number of urea groups is 1. The van der Waals surface area contributed by atoms with E-state index in [0.29, 0.717) is 11.5 Å². The standard InChI is InChI=1S/C28H29N7O2S/c1-28(2,3)25-14-26(35(33-25)20-10-12-21(13-11-20)38(5)37)32-27(36)31-19-8-6-18(7-9-19)22-15-29-17-24-23(22)16-30-34(24)4/h6-17H,1-5H3,(H2,31,32,36). The number of benzene rings is 2. The van der Waals surface area contributed by atoms with Gasteiger partial charge in [0.05, 0.1) is 29.3 Å². The molecule has 0 bridgehead atoms. The minimum absolute atomic E-state index is 0.217. The van der Waals surface area contributed by atoms with Gasteiger partial charge in [-0.2, -0.15) is 10.2 Å². The summed E-state index contributed by atoms with van der Waals surface area (Å²) in [5.41, 5.74) is 4.92. The highest BCUT2D eigenvalue weighted by molar-refractivity contribution is 7.84. The lowest BCUT2D eigenvalue weighted by atomic mass is 9.92. The molecule has 2 N–H and O–H groups in total. The number of nitrogens with zero attached hydrogens (tertiary/aromatic N) is 5. The molecule has 0 fully saturated rings. The van der Waals surface area contributed by atoms with Gasteiger partial charge < -0.3 is 5.32 Å². The van der Waals surface area contributed by atoms with Crippen molar-refractivity contribution in [2.24, 2.45) is 7.05 Å². The van der Waals surface area contributed by atoms with Gasteiger partial charge in [-0.15, -0.1) is 0 Å². The molecule has 9 nitrogen and oxygen atoms in total. The van der Waals surface area contributed by atoms with Crippen LogP contribution in [0.5, 0.6) is 0 Å². The quantitative estimate of drug-likeness (QED) is 0.314. The summed E-state index contributed by atoms with van der Waals surface area (Å²) < 4.78 is 15.3. The molecule has 3 heterocycles. The number of carbonyl (C=O) groups excluding carboxylic acids is 1. The number of aryl methyl sites for hydroxylation is 1. The minimum Gasteiger partial charge on any atom is -0.308 e. The summed E-state index contributed by atoms with van der Waals surface area (Å²) in [6.07, 6.45) is 7.08. The van der Waals surface area contributed by atoms with E-state index in [-0.39, 0.29) is 11.4 Å². The molecule has 5 aromatic rings. The second kappa shape index (κ2) is 9.86. The van der Waals surface area contributed by atoms with Gasteiger partial charge in [-0.3, -0.25) is 19.2 Å².